The van der Waals surface area contributed by atoms with Crippen molar-refractivity contribution >= 4 is 11.8 Å². The van der Waals surface area contributed by atoms with Crippen LogP contribution in [-0.4, -0.2) is 23.0 Å². The first-order valence-corrected chi connectivity index (χ1v) is 5.93. The zero-order valence-corrected chi connectivity index (χ0v) is 10.8. The lowest BCUT2D eigenvalue weighted by Gasteiger charge is -2.11. The van der Waals surface area contributed by atoms with Crippen molar-refractivity contribution in [2.24, 2.45) is 5.92 Å². The summed E-state index contributed by atoms with van der Waals surface area (Å²) in [5.41, 5.74) is 0.487. The standard InChI is InChI=1S/C14H18O4/c1-9(2)18-12-6-4-5-11(8-12)13(15)7-10(3)14(16)17/h4-6,8-10H,7H2,1-3H3,(H,16,17). The second kappa shape index (κ2) is 6.19. The summed E-state index contributed by atoms with van der Waals surface area (Å²) in [4.78, 5) is 22.6. The lowest BCUT2D eigenvalue weighted by molar-refractivity contribution is -0.141. The first-order valence-electron chi connectivity index (χ1n) is 5.93. The van der Waals surface area contributed by atoms with E-state index in [0.717, 1.165) is 0 Å². The van der Waals surface area contributed by atoms with Crippen molar-refractivity contribution in [1.82, 2.24) is 0 Å². The Morgan fingerprint density at radius 1 is 1.28 bits per heavy atom. The van der Waals surface area contributed by atoms with E-state index in [9.17, 15) is 9.59 Å². The van der Waals surface area contributed by atoms with Crippen molar-refractivity contribution in [1.29, 1.82) is 0 Å². The summed E-state index contributed by atoms with van der Waals surface area (Å²) < 4.78 is 5.49. The van der Waals surface area contributed by atoms with Gasteiger partial charge in [-0.1, -0.05) is 19.1 Å². The number of Topliss-reactive ketones (excluding diaryl/α,β-unsaturated/α-hetero) is 1. The number of ketones is 1. The summed E-state index contributed by atoms with van der Waals surface area (Å²) in [6, 6.07) is 6.83. The highest BCUT2D eigenvalue weighted by Gasteiger charge is 2.17. The highest BCUT2D eigenvalue weighted by molar-refractivity contribution is 5.98. The Hall–Kier alpha value is -1.84. The number of aliphatic carboxylic acids is 1. The molecule has 0 bridgehead atoms. The van der Waals surface area contributed by atoms with Gasteiger partial charge in [0.05, 0.1) is 12.0 Å². The quantitative estimate of drug-likeness (QED) is 0.788. The fraction of sp³-hybridized carbons (Fsp3) is 0.429. The minimum atomic E-state index is -0.960. The molecule has 1 aromatic rings. The third-order valence-electron chi connectivity index (χ3n) is 2.44. The van der Waals surface area contributed by atoms with Crippen LogP contribution in [0.15, 0.2) is 24.3 Å². The Morgan fingerprint density at radius 2 is 1.94 bits per heavy atom. The van der Waals surface area contributed by atoms with Gasteiger partial charge in [0.2, 0.25) is 0 Å². The minimum Gasteiger partial charge on any atom is -0.491 e. The molecule has 0 saturated heterocycles. The molecule has 0 aliphatic heterocycles. The summed E-state index contributed by atoms with van der Waals surface area (Å²) in [6.45, 7) is 5.33. The smallest absolute Gasteiger partial charge is 0.306 e. The molecule has 0 fully saturated rings. The minimum absolute atomic E-state index is 0.000462. The molecule has 1 rings (SSSR count). The fourth-order valence-corrected chi connectivity index (χ4v) is 1.50. The molecule has 0 amide bonds. The molecule has 1 aromatic carbocycles. The number of rotatable bonds is 6. The average molecular weight is 250 g/mol. The molecule has 98 valence electrons. The Kier molecular flexibility index (Phi) is 4.89. The largest absolute Gasteiger partial charge is 0.491 e. The molecular formula is C14H18O4. The van der Waals surface area contributed by atoms with Crippen LogP contribution in [0.1, 0.15) is 37.6 Å². The number of hydrogen-bond acceptors (Lipinski definition) is 3. The van der Waals surface area contributed by atoms with Crippen LogP contribution in [0.25, 0.3) is 0 Å². The normalized spacial score (nSPS) is 12.2. The van der Waals surface area contributed by atoms with E-state index in [0.29, 0.717) is 11.3 Å². The van der Waals surface area contributed by atoms with E-state index in [1.54, 1.807) is 24.3 Å². The molecule has 4 heteroatoms. The molecule has 1 N–H and O–H groups in total. The number of carboxylic acids is 1. The molecule has 0 aromatic heterocycles. The van der Waals surface area contributed by atoms with Gasteiger partial charge in [-0.2, -0.15) is 0 Å². The maximum absolute atomic E-state index is 11.9. The number of ether oxygens (including phenoxy) is 1. The van der Waals surface area contributed by atoms with Gasteiger partial charge >= 0.3 is 5.97 Å². The maximum Gasteiger partial charge on any atom is 0.306 e. The molecule has 0 saturated carbocycles. The SMILES string of the molecule is CC(C)Oc1cccc(C(=O)CC(C)C(=O)O)c1. The lowest BCUT2D eigenvalue weighted by Crippen LogP contribution is -2.15. The summed E-state index contributed by atoms with van der Waals surface area (Å²) in [7, 11) is 0. The van der Waals surface area contributed by atoms with E-state index < -0.39 is 11.9 Å². The van der Waals surface area contributed by atoms with Crippen molar-refractivity contribution in [2.45, 2.75) is 33.3 Å². The van der Waals surface area contributed by atoms with Crippen LogP contribution in [0.2, 0.25) is 0 Å². The topological polar surface area (TPSA) is 63.6 Å². The van der Waals surface area contributed by atoms with Gasteiger partial charge in [-0.05, 0) is 26.0 Å². The van der Waals surface area contributed by atoms with Crippen LogP contribution in [0.5, 0.6) is 5.75 Å². The van der Waals surface area contributed by atoms with E-state index in [-0.39, 0.29) is 18.3 Å². The van der Waals surface area contributed by atoms with Crippen molar-refractivity contribution in [2.75, 3.05) is 0 Å². The molecule has 0 spiro atoms. The van der Waals surface area contributed by atoms with Crippen LogP contribution < -0.4 is 4.74 Å². The van der Waals surface area contributed by atoms with Gasteiger partial charge in [0.1, 0.15) is 5.75 Å². The van der Waals surface area contributed by atoms with Gasteiger partial charge in [-0.15, -0.1) is 0 Å². The Balaban J connectivity index is 2.77. The van der Waals surface area contributed by atoms with Gasteiger partial charge in [-0.25, -0.2) is 0 Å². The molecular weight excluding hydrogens is 232 g/mol. The van der Waals surface area contributed by atoms with E-state index >= 15 is 0 Å². The molecule has 0 heterocycles. The van der Waals surface area contributed by atoms with Crippen molar-refractivity contribution < 1.29 is 19.4 Å². The van der Waals surface area contributed by atoms with Gasteiger partial charge in [0.25, 0.3) is 0 Å². The highest BCUT2D eigenvalue weighted by atomic mass is 16.5. The summed E-state index contributed by atoms with van der Waals surface area (Å²) in [6.07, 6.45) is 0.0359. The van der Waals surface area contributed by atoms with E-state index in [4.69, 9.17) is 9.84 Å². The van der Waals surface area contributed by atoms with Gasteiger partial charge in [-0.3, -0.25) is 9.59 Å². The number of carboxylic acid groups (broad SMARTS) is 1. The van der Waals surface area contributed by atoms with E-state index in [2.05, 4.69) is 0 Å². The van der Waals surface area contributed by atoms with Crippen LogP contribution in [0.3, 0.4) is 0 Å². The highest BCUT2D eigenvalue weighted by Crippen LogP contribution is 2.17. The van der Waals surface area contributed by atoms with Crippen LogP contribution >= 0.6 is 0 Å². The summed E-state index contributed by atoms with van der Waals surface area (Å²) >= 11 is 0. The van der Waals surface area contributed by atoms with E-state index in [1.165, 1.54) is 6.92 Å². The molecule has 0 aliphatic carbocycles. The van der Waals surface area contributed by atoms with E-state index in [1.807, 2.05) is 13.8 Å². The summed E-state index contributed by atoms with van der Waals surface area (Å²) in [5, 5.41) is 8.77. The molecule has 0 aliphatic rings. The molecule has 1 unspecified atom stereocenters. The van der Waals surface area contributed by atoms with Gasteiger partial charge in [0.15, 0.2) is 5.78 Å². The third-order valence-corrected chi connectivity index (χ3v) is 2.44. The van der Waals surface area contributed by atoms with Gasteiger partial charge in [0, 0.05) is 12.0 Å². The number of carbonyl (C=O) groups excluding carboxylic acids is 1. The van der Waals surface area contributed by atoms with Crippen molar-refractivity contribution in [3.63, 3.8) is 0 Å². The Labute approximate surface area is 107 Å². The third kappa shape index (κ3) is 4.20. The number of benzene rings is 1. The number of carbonyl (C=O) groups is 2. The molecule has 1 atom stereocenters. The Morgan fingerprint density at radius 3 is 2.50 bits per heavy atom. The summed E-state index contributed by atoms with van der Waals surface area (Å²) in [5.74, 6) is -1.19. The average Bonchev–Trinajstić information content (AvgIpc) is 2.28. The first-order chi connectivity index (χ1) is 8.40. The van der Waals surface area contributed by atoms with Crippen molar-refractivity contribution in [3.05, 3.63) is 29.8 Å². The Bertz CT molecular complexity index is 437. The van der Waals surface area contributed by atoms with Gasteiger partial charge < -0.3 is 9.84 Å². The predicted molar refractivity (Wildman–Crippen MR) is 68.0 cm³/mol. The molecule has 4 nitrogen and oxygen atoms in total. The maximum atomic E-state index is 11.9. The fourth-order valence-electron chi connectivity index (χ4n) is 1.50. The second-order valence-electron chi connectivity index (χ2n) is 4.56. The monoisotopic (exact) mass is 250 g/mol. The zero-order chi connectivity index (χ0) is 13.7. The number of hydrogen-bond donors (Lipinski definition) is 1. The zero-order valence-electron chi connectivity index (χ0n) is 10.8. The predicted octanol–water partition coefficient (Wildman–Crippen LogP) is 2.77. The van der Waals surface area contributed by atoms with Crippen LogP contribution in [0, 0.1) is 5.92 Å². The van der Waals surface area contributed by atoms with Crippen LogP contribution in [0.4, 0.5) is 0 Å². The van der Waals surface area contributed by atoms with Crippen molar-refractivity contribution in [3.8, 4) is 5.75 Å². The molecule has 0 radical (unpaired) electrons. The second-order valence-corrected chi connectivity index (χ2v) is 4.56. The van der Waals surface area contributed by atoms with Crippen LogP contribution in [-0.2, 0) is 4.79 Å². The first kappa shape index (κ1) is 14.2. The molecule has 18 heavy (non-hydrogen) atoms. The lowest BCUT2D eigenvalue weighted by atomic mass is 10.00.